The molecule has 2 atom stereocenters. The van der Waals surface area contributed by atoms with E-state index in [4.69, 9.17) is 98.0 Å². The Kier molecular flexibility index (Phi) is 8.80. The highest BCUT2D eigenvalue weighted by atomic mass is 35.6. The van der Waals surface area contributed by atoms with Crippen molar-refractivity contribution >= 4 is 81.5 Å². The molecule has 0 unspecified atom stereocenters. The summed E-state index contributed by atoms with van der Waals surface area (Å²) in [4.78, 5) is 23.5. The summed E-state index contributed by atoms with van der Waals surface area (Å²) in [5, 5.41) is 0. The van der Waals surface area contributed by atoms with Crippen molar-refractivity contribution in [3.8, 4) is 23.0 Å². The van der Waals surface area contributed by atoms with Crippen molar-refractivity contribution in [3.63, 3.8) is 0 Å². The van der Waals surface area contributed by atoms with Gasteiger partial charge in [0, 0.05) is 12.1 Å². The lowest BCUT2D eigenvalue weighted by molar-refractivity contribution is 0.0381. The third-order valence-corrected chi connectivity index (χ3v) is 6.34. The van der Waals surface area contributed by atoms with Crippen LogP contribution in [0.4, 0.5) is 0 Å². The molecule has 0 bridgehead atoms. The summed E-state index contributed by atoms with van der Waals surface area (Å²) < 4.78 is 27.1. The highest BCUT2D eigenvalue weighted by Gasteiger charge is 2.47. The largest absolute Gasteiger partial charge is 0.497 e. The Balaban J connectivity index is 0.000000201. The molecule has 36 heavy (non-hydrogen) atoms. The number of carbonyl (C=O) groups is 2. The zero-order chi connectivity index (χ0) is 27.0. The van der Waals surface area contributed by atoms with E-state index in [0.717, 1.165) is 0 Å². The van der Waals surface area contributed by atoms with Crippen molar-refractivity contribution < 1.29 is 38.0 Å². The van der Waals surface area contributed by atoms with Crippen LogP contribution in [0.5, 0.6) is 23.0 Å². The van der Waals surface area contributed by atoms with Gasteiger partial charge in [-0.3, -0.25) is 0 Å². The summed E-state index contributed by atoms with van der Waals surface area (Å²) >= 11 is 34.8. The van der Waals surface area contributed by atoms with Crippen molar-refractivity contribution in [3.05, 3.63) is 46.5 Å². The van der Waals surface area contributed by atoms with Crippen molar-refractivity contribution in [2.45, 2.75) is 19.8 Å². The second-order valence-electron chi connectivity index (χ2n) is 7.24. The van der Waals surface area contributed by atoms with Crippen molar-refractivity contribution in [1.82, 2.24) is 0 Å². The fourth-order valence-electron chi connectivity index (χ4n) is 3.57. The SMILES string of the molecule is COc1cc(OC)c2c(c1)C(=O)O[C@@H]2C(Cl)(Cl)Cl.COc1cc(OC)c2c(c1)C(=O)O[C@@H]2C(Cl)(Cl)Cl. The average molecular weight is 623 g/mol. The van der Waals surface area contributed by atoms with E-state index in [9.17, 15) is 9.59 Å². The van der Waals surface area contributed by atoms with Crippen LogP contribution in [-0.4, -0.2) is 48.0 Å². The topological polar surface area (TPSA) is 89.5 Å². The molecule has 0 spiro atoms. The minimum Gasteiger partial charge on any atom is -0.497 e. The number of alkyl halides is 6. The molecule has 196 valence electrons. The first kappa shape index (κ1) is 28.9. The lowest BCUT2D eigenvalue weighted by atomic mass is 10.0. The maximum atomic E-state index is 11.7. The van der Waals surface area contributed by atoms with Crippen molar-refractivity contribution in [2.75, 3.05) is 28.4 Å². The van der Waals surface area contributed by atoms with Gasteiger partial charge in [-0.2, -0.15) is 0 Å². The van der Waals surface area contributed by atoms with Gasteiger partial charge in [0.15, 0.2) is 12.2 Å². The first-order chi connectivity index (χ1) is 16.8. The molecule has 0 radical (unpaired) electrons. The highest BCUT2D eigenvalue weighted by Crippen LogP contribution is 2.52. The molecule has 0 saturated heterocycles. The van der Waals surface area contributed by atoms with Crippen LogP contribution < -0.4 is 18.9 Å². The molecule has 0 saturated carbocycles. The molecule has 0 amide bonds. The van der Waals surface area contributed by atoms with E-state index in [1.807, 2.05) is 0 Å². The molecular formula is C22H18Cl6O8. The number of hydrogen-bond acceptors (Lipinski definition) is 8. The van der Waals surface area contributed by atoms with Crippen LogP contribution >= 0.6 is 69.6 Å². The molecule has 8 nitrogen and oxygen atoms in total. The molecule has 2 aromatic carbocycles. The number of esters is 2. The number of ether oxygens (including phenoxy) is 6. The van der Waals surface area contributed by atoms with E-state index in [1.165, 1.54) is 40.6 Å². The Morgan fingerprint density at radius 3 is 1.19 bits per heavy atom. The van der Waals surface area contributed by atoms with Crippen LogP contribution in [0.25, 0.3) is 0 Å². The minimum absolute atomic E-state index is 0.280. The highest BCUT2D eigenvalue weighted by molar-refractivity contribution is 6.68. The quantitative estimate of drug-likeness (QED) is 0.279. The summed E-state index contributed by atoms with van der Waals surface area (Å²) in [7, 11) is 5.86. The first-order valence-corrected chi connectivity index (χ1v) is 12.1. The lowest BCUT2D eigenvalue weighted by Crippen LogP contribution is -2.17. The Morgan fingerprint density at radius 1 is 0.611 bits per heavy atom. The number of cyclic esters (lactones) is 2. The Morgan fingerprint density at radius 2 is 0.944 bits per heavy atom. The summed E-state index contributed by atoms with van der Waals surface area (Å²) in [6.45, 7) is 0. The van der Waals surface area contributed by atoms with E-state index < -0.39 is 31.7 Å². The van der Waals surface area contributed by atoms with Crippen LogP contribution in [0.1, 0.15) is 44.1 Å². The van der Waals surface area contributed by atoms with Gasteiger partial charge in [-0.05, 0) is 12.1 Å². The number of benzene rings is 2. The van der Waals surface area contributed by atoms with Gasteiger partial charge in [-0.25, -0.2) is 9.59 Å². The van der Waals surface area contributed by atoms with Gasteiger partial charge in [0.25, 0.3) is 0 Å². The van der Waals surface area contributed by atoms with Gasteiger partial charge >= 0.3 is 11.9 Å². The van der Waals surface area contributed by atoms with E-state index in [1.54, 1.807) is 12.1 Å². The summed E-state index contributed by atoms with van der Waals surface area (Å²) in [5.74, 6) is 0.551. The molecule has 4 rings (SSSR count). The van der Waals surface area contributed by atoms with Crippen LogP contribution in [-0.2, 0) is 9.47 Å². The third kappa shape index (κ3) is 5.74. The van der Waals surface area contributed by atoms with Gasteiger partial charge in [-0.1, -0.05) is 69.6 Å². The van der Waals surface area contributed by atoms with Crippen LogP contribution in [0.3, 0.4) is 0 Å². The summed E-state index contributed by atoms with van der Waals surface area (Å²) in [6, 6.07) is 6.25. The van der Waals surface area contributed by atoms with E-state index >= 15 is 0 Å². The predicted octanol–water partition coefficient (Wildman–Crippen LogP) is 6.57. The van der Waals surface area contributed by atoms with Crippen LogP contribution in [0, 0.1) is 0 Å². The Labute approximate surface area is 236 Å². The average Bonchev–Trinajstić information content (AvgIpc) is 3.35. The maximum absolute atomic E-state index is 11.7. The van der Waals surface area contributed by atoms with Gasteiger partial charge < -0.3 is 28.4 Å². The number of rotatable bonds is 4. The van der Waals surface area contributed by atoms with E-state index in [-0.39, 0.29) is 11.1 Å². The zero-order valence-corrected chi connectivity index (χ0v) is 23.5. The number of methoxy groups -OCH3 is 4. The summed E-state index contributed by atoms with van der Waals surface area (Å²) in [6.07, 6.45) is -1.99. The third-order valence-electron chi connectivity index (χ3n) is 5.15. The second-order valence-corrected chi connectivity index (χ2v) is 12.0. The molecule has 2 aliphatic rings. The number of halogens is 6. The zero-order valence-electron chi connectivity index (χ0n) is 19.0. The number of carbonyl (C=O) groups excluding carboxylic acids is 2. The van der Waals surface area contributed by atoms with Gasteiger partial charge in [0.05, 0.1) is 50.7 Å². The normalized spacial score (nSPS) is 18.3. The molecule has 0 fully saturated rings. The van der Waals surface area contributed by atoms with E-state index in [0.29, 0.717) is 34.1 Å². The maximum Gasteiger partial charge on any atom is 0.339 e. The van der Waals surface area contributed by atoms with Crippen LogP contribution in [0.15, 0.2) is 24.3 Å². The second kappa shape index (κ2) is 11.0. The Bertz CT molecular complexity index is 1080. The first-order valence-electron chi connectivity index (χ1n) is 9.84. The van der Waals surface area contributed by atoms with Gasteiger partial charge in [-0.15, -0.1) is 0 Å². The molecule has 0 N–H and O–H groups in total. The van der Waals surface area contributed by atoms with Gasteiger partial charge in [0.1, 0.15) is 23.0 Å². The molecule has 2 heterocycles. The van der Waals surface area contributed by atoms with Crippen molar-refractivity contribution in [1.29, 1.82) is 0 Å². The molecule has 0 aliphatic carbocycles. The molecule has 2 aromatic rings. The van der Waals surface area contributed by atoms with E-state index in [2.05, 4.69) is 0 Å². The minimum atomic E-state index is -1.76. The lowest BCUT2D eigenvalue weighted by Gasteiger charge is -2.20. The van der Waals surface area contributed by atoms with Crippen LogP contribution in [0.2, 0.25) is 0 Å². The molecule has 0 aromatic heterocycles. The smallest absolute Gasteiger partial charge is 0.339 e. The van der Waals surface area contributed by atoms with Crippen molar-refractivity contribution in [2.24, 2.45) is 0 Å². The molecular weight excluding hydrogens is 605 g/mol. The standard InChI is InChI=1S/2C11H9Cl3O4/c2*1-16-5-3-6-8(7(4-5)17-2)9(11(12,13)14)18-10(6)15/h2*3-4,9H,1-2H3/t2*9-/m00/s1. The number of fused-ring (bicyclic) bond motifs is 2. The molecule has 2 aliphatic heterocycles. The fourth-order valence-corrected chi connectivity index (χ4v) is 4.50. The predicted molar refractivity (Wildman–Crippen MR) is 136 cm³/mol. The molecule has 14 heteroatoms. The van der Waals surface area contributed by atoms with Gasteiger partial charge in [0.2, 0.25) is 7.59 Å². The Hall–Kier alpha value is -1.68. The fraction of sp³-hybridized carbons (Fsp3) is 0.364. The summed E-state index contributed by atoms with van der Waals surface area (Å²) in [5.41, 5.74) is 1.40. The monoisotopic (exact) mass is 620 g/mol. The number of hydrogen-bond donors (Lipinski definition) is 0.